The van der Waals surface area contributed by atoms with E-state index in [-0.39, 0.29) is 90.1 Å². The van der Waals surface area contributed by atoms with Crippen molar-refractivity contribution in [1.29, 1.82) is 0 Å². The summed E-state index contributed by atoms with van der Waals surface area (Å²) in [5.74, 6) is -1.71. The molecule has 12 rings (SSSR count). The molecule has 0 radical (unpaired) electrons. The fourth-order valence-corrected chi connectivity index (χ4v) is 16.6. The smallest absolute Gasteiger partial charge is 0.334 e. The number of carbonyl (C=O) groups is 2. The summed E-state index contributed by atoms with van der Waals surface area (Å²) in [5, 5.41) is 81.5. The zero-order chi connectivity index (χ0) is 52.3. The van der Waals surface area contributed by atoms with E-state index in [9.17, 15) is 40.5 Å². The summed E-state index contributed by atoms with van der Waals surface area (Å²) in [6.45, 7) is 6.29. The zero-order valence-corrected chi connectivity index (χ0v) is 43.7. The number of nitrogens with one attached hydrogen (secondary N) is 1. The molecule has 0 aromatic heterocycles. The number of hydrogen-bond donors (Lipinski definition) is 8. The Kier molecular flexibility index (Phi) is 15.4. The summed E-state index contributed by atoms with van der Waals surface area (Å²) in [7, 11) is 1.42. The second kappa shape index (κ2) is 21.4. The van der Waals surface area contributed by atoms with Gasteiger partial charge in [0.15, 0.2) is 23.7 Å². The van der Waals surface area contributed by atoms with Crippen LogP contribution in [0.1, 0.15) is 126 Å². The Balaban J connectivity index is 0.959. The lowest BCUT2D eigenvalue weighted by Crippen LogP contribution is -2.71. The van der Waals surface area contributed by atoms with Gasteiger partial charge in [-0.2, -0.15) is 0 Å². The molecule has 404 valence electrons. The maximum absolute atomic E-state index is 15.2. The molecule has 74 heavy (non-hydrogen) atoms. The molecule has 2 aromatic carbocycles. The van der Waals surface area contributed by atoms with Crippen molar-refractivity contribution in [1.82, 2.24) is 5.32 Å². The number of aliphatic hydroxyl groups is 6. The van der Waals surface area contributed by atoms with Crippen LogP contribution in [0.4, 0.5) is 0 Å². The summed E-state index contributed by atoms with van der Waals surface area (Å²) in [5.41, 5.74) is 3.29. The number of methoxy groups -OCH3 is 1. The van der Waals surface area contributed by atoms with E-state index in [0.29, 0.717) is 54.9 Å². The number of allylic oxidation sites excluding steroid dienone is 2. The highest BCUT2D eigenvalue weighted by Crippen LogP contribution is 2.73. The van der Waals surface area contributed by atoms with Gasteiger partial charge in [0.2, 0.25) is 5.79 Å². The number of phenolic OH excluding ortho intramolecular Hbond substituents is 1. The predicted molar refractivity (Wildman–Crippen MR) is 276 cm³/mol. The molecule has 14 nitrogen and oxygen atoms in total. The number of aromatic hydroxyl groups is 1. The molecule has 6 bridgehead atoms. The van der Waals surface area contributed by atoms with Crippen LogP contribution in [0.5, 0.6) is 11.5 Å². The Bertz CT molecular complexity index is 2470. The molecule has 2 heterocycles. The minimum Gasteiger partial charge on any atom is -0.504 e. The van der Waals surface area contributed by atoms with Crippen LogP contribution in [-0.2, 0) is 36.6 Å². The second-order valence-electron chi connectivity index (χ2n) is 24.1. The van der Waals surface area contributed by atoms with Crippen molar-refractivity contribution in [3.05, 3.63) is 88.5 Å². The van der Waals surface area contributed by atoms with Gasteiger partial charge in [0.1, 0.15) is 12.2 Å². The van der Waals surface area contributed by atoms with E-state index in [1.54, 1.807) is 31.2 Å². The number of hydrogen-bond acceptors (Lipinski definition) is 14. The van der Waals surface area contributed by atoms with Gasteiger partial charge in [-0.25, -0.2) is 4.79 Å². The number of carbonyl (C=O) groups excluding carboxylic acids is 2. The summed E-state index contributed by atoms with van der Waals surface area (Å²) in [4.78, 5) is 29.8. The fourth-order valence-electron chi connectivity index (χ4n) is 16.6. The van der Waals surface area contributed by atoms with Crippen LogP contribution in [0.25, 0.3) is 6.08 Å². The lowest BCUT2D eigenvalue weighted by atomic mass is 9.35. The molecule has 2 spiro atoms. The van der Waals surface area contributed by atoms with Crippen LogP contribution in [0, 0.1) is 58.2 Å². The van der Waals surface area contributed by atoms with Gasteiger partial charge in [0.25, 0.3) is 0 Å². The molecule has 2 aromatic rings. The van der Waals surface area contributed by atoms with Crippen LogP contribution in [0.3, 0.4) is 0 Å². The maximum atomic E-state index is 15.2. The highest BCUT2D eigenvalue weighted by molar-refractivity contribution is 5.94. The lowest BCUT2D eigenvalue weighted by molar-refractivity contribution is -0.333. The van der Waals surface area contributed by atoms with Gasteiger partial charge in [-0.05, 0) is 182 Å². The number of benzene rings is 2. The van der Waals surface area contributed by atoms with Crippen molar-refractivity contribution in [2.75, 3.05) is 26.9 Å². The van der Waals surface area contributed by atoms with Crippen molar-refractivity contribution in [3.63, 3.8) is 0 Å². The topological polar surface area (TPSA) is 225 Å². The van der Waals surface area contributed by atoms with E-state index in [1.807, 2.05) is 18.2 Å². The predicted octanol–water partition coefficient (Wildman–Crippen LogP) is 6.44. The average molecular weight is 1020 g/mol. The van der Waals surface area contributed by atoms with Crippen molar-refractivity contribution < 1.29 is 64.3 Å². The molecule has 8 N–H and O–H groups in total. The van der Waals surface area contributed by atoms with Gasteiger partial charge in [-0.1, -0.05) is 75.6 Å². The quantitative estimate of drug-likeness (QED) is 0.0515. The Morgan fingerprint density at radius 2 is 1.80 bits per heavy atom. The second-order valence-corrected chi connectivity index (χ2v) is 24.1. The lowest BCUT2D eigenvalue weighted by Gasteiger charge is -2.69. The van der Waals surface area contributed by atoms with E-state index < -0.39 is 60.4 Å². The Labute approximate surface area is 436 Å². The normalized spacial score (nSPS) is 40.2. The largest absolute Gasteiger partial charge is 0.504 e. The zero-order valence-electron chi connectivity index (χ0n) is 43.7. The van der Waals surface area contributed by atoms with Crippen LogP contribution >= 0.6 is 0 Å². The van der Waals surface area contributed by atoms with Crippen molar-refractivity contribution >= 4 is 18.0 Å². The maximum Gasteiger partial charge on any atom is 0.334 e. The summed E-state index contributed by atoms with van der Waals surface area (Å²) in [6.07, 6.45) is 13.2. The van der Waals surface area contributed by atoms with Gasteiger partial charge >= 0.3 is 11.9 Å². The first-order valence-corrected chi connectivity index (χ1v) is 27.9. The van der Waals surface area contributed by atoms with Crippen LogP contribution in [0.2, 0.25) is 0 Å². The van der Waals surface area contributed by atoms with Gasteiger partial charge in [0, 0.05) is 31.8 Å². The molecule has 0 amide bonds. The van der Waals surface area contributed by atoms with E-state index in [2.05, 4.69) is 31.3 Å². The third-order valence-electron chi connectivity index (χ3n) is 20.0. The number of ether oxygens (including phenoxy) is 4. The number of esters is 2. The van der Waals surface area contributed by atoms with Crippen molar-refractivity contribution in [3.8, 4) is 11.5 Å². The molecule has 8 aliphatic carbocycles. The number of aliphatic hydroxyl groups excluding tert-OH is 5. The summed E-state index contributed by atoms with van der Waals surface area (Å²) < 4.78 is 24.4. The van der Waals surface area contributed by atoms with Gasteiger partial charge < -0.3 is 60.0 Å². The minimum absolute atomic E-state index is 0.00525. The first-order valence-electron chi connectivity index (χ1n) is 27.9. The summed E-state index contributed by atoms with van der Waals surface area (Å²) >= 11 is 0. The Morgan fingerprint density at radius 1 is 0.973 bits per heavy atom. The van der Waals surface area contributed by atoms with E-state index in [4.69, 9.17) is 18.9 Å². The molecular weight excluding hydrogens is 943 g/mol. The molecule has 19 unspecified atom stereocenters. The van der Waals surface area contributed by atoms with Crippen molar-refractivity contribution in [2.45, 2.75) is 165 Å². The number of rotatable bonds is 16. The van der Waals surface area contributed by atoms with E-state index >= 15 is 4.79 Å². The number of phenols is 1. The summed E-state index contributed by atoms with van der Waals surface area (Å²) in [6, 6.07) is 9.96. The monoisotopic (exact) mass is 1020 g/mol. The van der Waals surface area contributed by atoms with Crippen LogP contribution < -0.4 is 10.1 Å². The molecule has 1 saturated heterocycles. The van der Waals surface area contributed by atoms with Crippen molar-refractivity contribution in [2.24, 2.45) is 58.2 Å². The van der Waals surface area contributed by atoms with E-state index in [1.165, 1.54) is 38.5 Å². The molecule has 14 heteroatoms. The Hall–Kier alpha value is -4.12. The molecule has 5 saturated carbocycles. The molecule has 10 aliphatic rings. The van der Waals surface area contributed by atoms with Gasteiger partial charge in [0.05, 0.1) is 25.4 Å². The van der Waals surface area contributed by atoms with E-state index in [0.717, 1.165) is 48.8 Å². The molecule has 6 fully saturated rings. The minimum atomic E-state index is -2.36. The van der Waals surface area contributed by atoms with Crippen LogP contribution in [-0.4, -0.2) is 123 Å². The van der Waals surface area contributed by atoms with Gasteiger partial charge in [-0.15, -0.1) is 0 Å². The SMILES string of the molecule is COc1cc(C=C(CC2c3cc(CCO)ccc3CCC2CO)C(=O)OC2C(OC(=O)CCC3C4C=CC5(CC4C)CC4CCCC(C)C4C4CCC35CC4O)C(O)C3OC2(O)C=CC3NCC(C)O)ccc1O. The first-order chi connectivity index (χ1) is 35.5. The highest BCUT2D eigenvalue weighted by atomic mass is 16.7. The third-order valence-corrected chi connectivity index (χ3v) is 20.0. The molecule has 2 aliphatic heterocycles. The average Bonchev–Trinajstić information content (AvgIpc) is 3.37. The molecular formula is C60H81NO13. The molecule has 19 atom stereocenters. The Morgan fingerprint density at radius 3 is 2.54 bits per heavy atom. The number of aryl methyl sites for hydroxylation is 1. The standard InChI is InChI=1S/C60H81NO13/c1-33-6-5-7-39-29-58-20-16-42(34(2)28-58)46(59(58)21-17-43(52(33)39)49(66)30-59)13-15-51(67)72-55-53(68)54-47(61-31-35(3)64)18-22-60(70,74-54)56(55)73-57(69)41(24-37-9-14-48(65)50(26-37)71-4)27-45-40(32-63)12-11-38-10-8-36(19-23-62)25-44(38)45/h8-10,14,16,18,20,22,24-26,33-35,39-40,42-43,45-47,49,52-56,61-66,68,70H,5-7,11-13,15,17,19,21,23,27-32H2,1-4H3. The van der Waals surface area contributed by atoms with Crippen LogP contribution in [0.15, 0.2) is 66.3 Å². The highest BCUT2D eigenvalue weighted by Gasteiger charge is 2.67. The van der Waals surface area contributed by atoms with Gasteiger partial charge in [-0.3, -0.25) is 4.79 Å². The third kappa shape index (κ3) is 9.70. The first kappa shape index (κ1) is 53.3. The number of fused-ring (bicyclic) bond motifs is 6. The fraction of sp³-hybridized carbons (Fsp3) is 0.667.